The molecule has 0 fully saturated rings. The quantitative estimate of drug-likeness (QED) is 0.176. The van der Waals surface area contributed by atoms with Gasteiger partial charge in [-0.15, -0.1) is 0 Å². The summed E-state index contributed by atoms with van der Waals surface area (Å²) in [6.45, 7) is 4.59. The Hall–Kier alpha value is -5.93. The van der Waals surface area contributed by atoms with E-state index in [0.717, 1.165) is 58.0 Å². The van der Waals surface area contributed by atoms with Gasteiger partial charge in [0.2, 0.25) is 0 Å². The lowest BCUT2D eigenvalue weighted by Crippen LogP contribution is -2.18. The summed E-state index contributed by atoms with van der Waals surface area (Å²) in [6, 6.07) is 49.6. The van der Waals surface area contributed by atoms with Crippen LogP contribution in [0.15, 0.2) is 164 Å². The fourth-order valence-electron chi connectivity index (χ4n) is 6.76. The Kier molecular flexibility index (Phi) is 8.03. The third kappa shape index (κ3) is 6.12. The first-order valence-corrected chi connectivity index (χ1v) is 17.0. The Labute approximate surface area is 288 Å². The van der Waals surface area contributed by atoms with E-state index in [1.165, 1.54) is 33.0 Å². The molecule has 7 aromatic rings. The predicted molar refractivity (Wildman–Crippen MR) is 204 cm³/mol. The van der Waals surface area contributed by atoms with E-state index in [9.17, 15) is 0 Å². The average Bonchev–Trinajstić information content (AvgIpc) is 3.18. The van der Waals surface area contributed by atoms with E-state index in [4.69, 9.17) is 15.0 Å². The number of hydrogen-bond donors (Lipinski definition) is 0. The lowest BCUT2D eigenvalue weighted by Gasteiger charge is -2.26. The van der Waals surface area contributed by atoms with E-state index >= 15 is 0 Å². The predicted octanol–water partition coefficient (Wildman–Crippen LogP) is 11.8. The molecule has 236 valence electrons. The summed E-state index contributed by atoms with van der Waals surface area (Å²) in [5.74, 6) is 0.774. The highest BCUT2D eigenvalue weighted by Crippen LogP contribution is 2.36. The van der Waals surface area contributed by atoms with Crippen LogP contribution in [0.25, 0.3) is 61.2 Å². The SMILES string of the molecule is CC(C)(c1ccc(-c2cccc(-c3nccc4ccccc34)c2)cc1)c1ccc(-c2cc(-c3ccccc3)nc(C3=CCCC=C3)n2)cc1. The van der Waals surface area contributed by atoms with Gasteiger partial charge in [-0.05, 0) is 58.7 Å². The average molecular weight is 632 g/mol. The fraction of sp³-hybridized carbons (Fsp3) is 0.109. The molecule has 0 N–H and O–H groups in total. The maximum Gasteiger partial charge on any atom is 0.160 e. The zero-order valence-electron chi connectivity index (χ0n) is 27.8. The first-order valence-electron chi connectivity index (χ1n) is 17.0. The molecule has 49 heavy (non-hydrogen) atoms. The molecule has 0 radical (unpaired) electrons. The number of rotatable bonds is 7. The first-order chi connectivity index (χ1) is 24.0. The minimum absolute atomic E-state index is 0.185. The van der Waals surface area contributed by atoms with Crippen molar-refractivity contribution in [2.24, 2.45) is 0 Å². The molecule has 2 heterocycles. The molecule has 2 aromatic heterocycles. The van der Waals surface area contributed by atoms with Crippen LogP contribution < -0.4 is 0 Å². The molecule has 0 saturated carbocycles. The van der Waals surface area contributed by atoms with Crippen LogP contribution >= 0.6 is 0 Å². The van der Waals surface area contributed by atoms with Crippen LogP contribution in [0.5, 0.6) is 0 Å². The van der Waals surface area contributed by atoms with E-state index in [1.54, 1.807) is 0 Å². The van der Waals surface area contributed by atoms with Crippen LogP contribution in [0.1, 0.15) is 43.6 Å². The fourth-order valence-corrected chi connectivity index (χ4v) is 6.76. The number of aromatic nitrogens is 3. The summed E-state index contributed by atoms with van der Waals surface area (Å²) in [7, 11) is 0. The molecule has 8 rings (SSSR count). The van der Waals surface area contributed by atoms with Gasteiger partial charge < -0.3 is 0 Å². The van der Waals surface area contributed by atoms with Gasteiger partial charge in [0.25, 0.3) is 0 Å². The monoisotopic (exact) mass is 631 g/mol. The molecular weight excluding hydrogens is 595 g/mol. The number of allylic oxidation sites excluding steroid dienone is 4. The molecule has 0 bridgehead atoms. The van der Waals surface area contributed by atoms with Gasteiger partial charge in [0.15, 0.2) is 5.82 Å². The number of fused-ring (bicyclic) bond motifs is 1. The molecule has 0 amide bonds. The van der Waals surface area contributed by atoms with E-state index in [1.807, 2.05) is 12.3 Å². The van der Waals surface area contributed by atoms with Crippen molar-refractivity contribution >= 4 is 16.3 Å². The van der Waals surface area contributed by atoms with Crippen molar-refractivity contribution in [3.05, 3.63) is 181 Å². The van der Waals surface area contributed by atoms with Gasteiger partial charge in [0, 0.05) is 39.3 Å². The van der Waals surface area contributed by atoms with Crippen molar-refractivity contribution in [2.45, 2.75) is 32.1 Å². The van der Waals surface area contributed by atoms with Gasteiger partial charge in [-0.25, -0.2) is 9.97 Å². The molecule has 0 aliphatic heterocycles. The Bertz CT molecular complexity index is 2330. The van der Waals surface area contributed by atoms with Gasteiger partial charge in [-0.1, -0.05) is 153 Å². The summed E-state index contributed by atoms with van der Waals surface area (Å²) < 4.78 is 0. The first kappa shape index (κ1) is 30.4. The Morgan fingerprint density at radius 2 is 1.16 bits per heavy atom. The number of pyridine rings is 1. The number of benzene rings is 5. The maximum atomic E-state index is 5.05. The van der Waals surface area contributed by atoms with E-state index < -0.39 is 0 Å². The molecule has 1 aliphatic rings. The molecular formula is C46H37N3. The van der Waals surface area contributed by atoms with Crippen molar-refractivity contribution in [1.82, 2.24) is 15.0 Å². The van der Waals surface area contributed by atoms with Crippen LogP contribution in [0, 0.1) is 0 Å². The molecule has 0 spiro atoms. The van der Waals surface area contributed by atoms with Crippen LogP contribution in [0.2, 0.25) is 0 Å². The van der Waals surface area contributed by atoms with Crippen molar-refractivity contribution in [1.29, 1.82) is 0 Å². The van der Waals surface area contributed by atoms with E-state index in [2.05, 4.69) is 166 Å². The third-order valence-corrected chi connectivity index (χ3v) is 9.70. The van der Waals surface area contributed by atoms with Crippen LogP contribution in [0.4, 0.5) is 0 Å². The molecule has 5 aromatic carbocycles. The van der Waals surface area contributed by atoms with Gasteiger partial charge in [-0.3, -0.25) is 4.98 Å². The smallest absolute Gasteiger partial charge is 0.160 e. The molecule has 0 saturated heterocycles. The summed E-state index contributed by atoms with van der Waals surface area (Å²) in [4.78, 5) is 14.8. The largest absolute Gasteiger partial charge is 0.256 e. The molecule has 0 atom stereocenters. The molecule has 3 heteroatoms. The highest BCUT2D eigenvalue weighted by atomic mass is 14.9. The Morgan fingerprint density at radius 1 is 0.531 bits per heavy atom. The zero-order chi connectivity index (χ0) is 33.2. The van der Waals surface area contributed by atoms with Crippen molar-refractivity contribution in [3.63, 3.8) is 0 Å². The zero-order valence-corrected chi connectivity index (χ0v) is 27.8. The Morgan fingerprint density at radius 3 is 1.88 bits per heavy atom. The van der Waals surface area contributed by atoms with Crippen molar-refractivity contribution in [2.75, 3.05) is 0 Å². The topological polar surface area (TPSA) is 38.7 Å². The van der Waals surface area contributed by atoms with Gasteiger partial charge in [-0.2, -0.15) is 0 Å². The van der Waals surface area contributed by atoms with Gasteiger partial charge in [0.05, 0.1) is 17.1 Å². The highest BCUT2D eigenvalue weighted by molar-refractivity contribution is 5.95. The maximum absolute atomic E-state index is 5.05. The normalized spacial score (nSPS) is 13.0. The standard InChI is InChI=1S/C46H37N3/c1-46(2,39-24-20-32(21-25-39)37-17-11-18-38(30-37)44-41-19-10-9-12-33(41)28-29-47-44)40-26-22-35(23-27-40)43-31-42(34-13-5-3-6-14-34)48-45(49-43)36-15-7-4-8-16-36/h3,5-7,9-31H,4,8H2,1-2H3. The summed E-state index contributed by atoms with van der Waals surface area (Å²) in [5.41, 5.74) is 12.0. The minimum Gasteiger partial charge on any atom is -0.256 e. The second-order valence-corrected chi connectivity index (χ2v) is 13.2. The van der Waals surface area contributed by atoms with Gasteiger partial charge >= 0.3 is 0 Å². The third-order valence-electron chi connectivity index (χ3n) is 9.70. The second-order valence-electron chi connectivity index (χ2n) is 13.2. The van der Waals surface area contributed by atoms with Crippen LogP contribution in [-0.4, -0.2) is 15.0 Å². The highest BCUT2D eigenvalue weighted by Gasteiger charge is 2.23. The molecule has 1 aliphatic carbocycles. The molecule has 0 unspecified atom stereocenters. The summed E-state index contributed by atoms with van der Waals surface area (Å²) in [5, 5.41) is 2.37. The number of hydrogen-bond acceptors (Lipinski definition) is 3. The van der Waals surface area contributed by atoms with E-state index in [-0.39, 0.29) is 5.41 Å². The lowest BCUT2D eigenvalue weighted by atomic mass is 9.77. The summed E-state index contributed by atoms with van der Waals surface area (Å²) in [6.07, 6.45) is 10.6. The summed E-state index contributed by atoms with van der Waals surface area (Å²) >= 11 is 0. The minimum atomic E-state index is -0.185. The lowest BCUT2D eigenvalue weighted by molar-refractivity contribution is 0.641. The van der Waals surface area contributed by atoms with Crippen LogP contribution in [0.3, 0.4) is 0 Å². The van der Waals surface area contributed by atoms with Crippen LogP contribution in [-0.2, 0) is 5.41 Å². The Balaban J connectivity index is 1.07. The van der Waals surface area contributed by atoms with Gasteiger partial charge in [0.1, 0.15) is 0 Å². The van der Waals surface area contributed by atoms with Crippen molar-refractivity contribution < 1.29 is 0 Å². The molecule has 3 nitrogen and oxygen atoms in total. The number of nitrogens with zero attached hydrogens (tertiary/aromatic N) is 3. The van der Waals surface area contributed by atoms with E-state index in [0.29, 0.717) is 0 Å². The second kappa shape index (κ2) is 12.9. The van der Waals surface area contributed by atoms with Crippen molar-refractivity contribution in [3.8, 4) is 44.9 Å².